The summed E-state index contributed by atoms with van der Waals surface area (Å²) in [5, 5.41) is 0. The minimum atomic E-state index is -4.04. The maximum absolute atomic E-state index is 12.5. The van der Waals surface area contributed by atoms with Gasteiger partial charge in [-0.05, 0) is 31.1 Å². The number of hydrogen-bond acceptors (Lipinski definition) is 1. The predicted octanol–water partition coefficient (Wildman–Crippen LogP) is 3.19. The maximum Gasteiger partial charge on any atom is 0.391 e. The van der Waals surface area contributed by atoms with Gasteiger partial charge in [-0.15, -0.1) is 0 Å². The topological polar surface area (TPSA) is 17.1 Å². The molecule has 4 atom stereocenters. The summed E-state index contributed by atoms with van der Waals surface area (Å²) in [6.45, 7) is 0. The number of alkyl halides is 3. The van der Waals surface area contributed by atoms with Gasteiger partial charge in [0.05, 0.1) is 5.92 Å². The van der Waals surface area contributed by atoms with Crippen molar-refractivity contribution >= 4 is 6.29 Å². The van der Waals surface area contributed by atoms with Crippen molar-refractivity contribution in [3.63, 3.8) is 0 Å². The van der Waals surface area contributed by atoms with Crippen molar-refractivity contribution < 1.29 is 18.0 Å². The SMILES string of the molecule is O=C[C@@H]1C[C@@H]1[C@@H]1CCC[C@@H](C(F)(F)F)C1. The van der Waals surface area contributed by atoms with Crippen LogP contribution in [0, 0.1) is 23.7 Å². The Bertz CT molecular complexity index is 249. The Morgan fingerprint density at radius 3 is 2.40 bits per heavy atom. The van der Waals surface area contributed by atoms with Gasteiger partial charge in [-0.3, -0.25) is 0 Å². The van der Waals surface area contributed by atoms with E-state index in [0.717, 1.165) is 19.1 Å². The van der Waals surface area contributed by atoms with Crippen molar-refractivity contribution in [3.05, 3.63) is 0 Å². The van der Waals surface area contributed by atoms with E-state index in [9.17, 15) is 18.0 Å². The highest BCUT2D eigenvalue weighted by Crippen LogP contribution is 2.51. The Morgan fingerprint density at radius 2 is 1.87 bits per heavy atom. The molecule has 2 aliphatic rings. The lowest BCUT2D eigenvalue weighted by Crippen LogP contribution is -2.29. The molecule has 15 heavy (non-hydrogen) atoms. The molecule has 2 aliphatic carbocycles. The first-order chi connectivity index (χ1) is 7.02. The third-order valence-electron chi connectivity index (χ3n) is 3.85. The molecular formula is C11H15F3O. The van der Waals surface area contributed by atoms with Gasteiger partial charge in [-0.25, -0.2) is 0 Å². The molecule has 0 aromatic heterocycles. The molecule has 0 aromatic rings. The van der Waals surface area contributed by atoms with Crippen LogP contribution in [0.15, 0.2) is 0 Å². The normalized spacial score (nSPS) is 41.3. The number of halogens is 3. The van der Waals surface area contributed by atoms with E-state index < -0.39 is 12.1 Å². The van der Waals surface area contributed by atoms with Gasteiger partial charge in [0.1, 0.15) is 6.29 Å². The molecule has 0 heterocycles. The second-order valence-corrected chi connectivity index (χ2v) is 4.86. The summed E-state index contributed by atoms with van der Waals surface area (Å²) in [5.74, 6) is -0.667. The lowest BCUT2D eigenvalue weighted by atomic mass is 9.78. The molecule has 2 fully saturated rings. The third kappa shape index (κ3) is 2.34. The van der Waals surface area contributed by atoms with Crippen LogP contribution in [0.3, 0.4) is 0 Å². The molecule has 0 spiro atoms. The average Bonchev–Trinajstić information content (AvgIpc) is 2.95. The van der Waals surface area contributed by atoms with Crippen LogP contribution < -0.4 is 0 Å². The lowest BCUT2D eigenvalue weighted by molar-refractivity contribution is -0.186. The molecule has 4 heteroatoms. The van der Waals surface area contributed by atoms with Crippen molar-refractivity contribution in [2.24, 2.45) is 23.7 Å². The van der Waals surface area contributed by atoms with Crippen LogP contribution in [0.25, 0.3) is 0 Å². The van der Waals surface area contributed by atoms with Crippen LogP contribution in [0.1, 0.15) is 32.1 Å². The lowest BCUT2D eigenvalue weighted by Gasteiger charge is -2.30. The second-order valence-electron chi connectivity index (χ2n) is 4.86. The van der Waals surface area contributed by atoms with Gasteiger partial charge in [-0.1, -0.05) is 12.8 Å². The number of aldehydes is 1. The van der Waals surface area contributed by atoms with Gasteiger partial charge < -0.3 is 4.79 Å². The molecule has 0 bridgehead atoms. The fourth-order valence-corrected chi connectivity index (χ4v) is 2.85. The molecule has 0 radical (unpaired) electrons. The highest BCUT2D eigenvalue weighted by molar-refractivity contribution is 5.58. The zero-order valence-electron chi connectivity index (χ0n) is 8.46. The van der Waals surface area contributed by atoms with Crippen molar-refractivity contribution in [3.8, 4) is 0 Å². The number of hydrogen-bond donors (Lipinski definition) is 0. The molecule has 0 aliphatic heterocycles. The zero-order chi connectivity index (χ0) is 11.1. The van der Waals surface area contributed by atoms with Gasteiger partial charge in [0, 0.05) is 5.92 Å². The van der Waals surface area contributed by atoms with Gasteiger partial charge in [-0.2, -0.15) is 13.2 Å². The van der Waals surface area contributed by atoms with E-state index in [1.54, 1.807) is 0 Å². The Balaban J connectivity index is 1.91. The van der Waals surface area contributed by atoms with E-state index >= 15 is 0 Å². The first-order valence-electron chi connectivity index (χ1n) is 5.54. The van der Waals surface area contributed by atoms with Crippen molar-refractivity contribution in [2.45, 2.75) is 38.3 Å². The summed E-state index contributed by atoms with van der Waals surface area (Å²) in [5.41, 5.74) is 0. The van der Waals surface area contributed by atoms with E-state index in [2.05, 4.69) is 0 Å². The van der Waals surface area contributed by atoms with E-state index in [0.29, 0.717) is 6.42 Å². The van der Waals surface area contributed by atoms with Crippen LogP contribution >= 0.6 is 0 Å². The summed E-state index contributed by atoms with van der Waals surface area (Å²) in [7, 11) is 0. The van der Waals surface area contributed by atoms with Crippen LogP contribution in [-0.4, -0.2) is 12.5 Å². The smallest absolute Gasteiger partial charge is 0.303 e. The van der Waals surface area contributed by atoms with E-state index in [1.165, 1.54) is 0 Å². The fourth-order valence-electron chi connectivity index (χ4n) is 2.85. The van der Waals surface area contributed by atoms with Crippen molar-refractivity contribution in [2.75, 3.05) is 0 Å². The molecule has 1 nitrogen and oxygen atoms in total. The molecule has 2 rings (SSSR count). The van der Waals surface area contributed by atoms with E-state index in [4.69, 9.17) is 0 Å². The third-order valence-corrected chi connectivity index (χ3v) is 3.85. The highest BCUT2D eigenvalue weighted by atomic mass is 19.4. The quantitative estimate of drug-likeness (QED) is 0.653. The molecule has 0 aromatic carbocycles. The highest BCUT2D eigenvalue weighted by Gasteiger charge is 2.48. The van der Waals surface area contributed by atoms with Crippen LogP contribution in [0.2, 0.25) is 0 Å². The van der Waals surface area contributed by atoms with Crippen LogP contribution in [0.5, 0.6) is 0 Å². The first kappa shape index (κ1) is 11.0. The van der Waals surface area contributed by atoms with Crippen molar-refractivity contribution in [1.82, 2.24) is 0 Å². The summed E-state index contributed by atoms with van der Waals surface area (Å²) >= 11 is 0. The van der Waals surface area contributed by atoms with E-state index in [-0.39, 0.29) is 30.6 Å². The fraction of sp³-hybridized carbons (Fsp3) is 0.909. The Kier molecular flexibility index (Phi) is 2.77. The minimum Gasteiger partial charge on any atom is -0.303 e. The van der Waals surface area contributed by atoms with Gasteiger partial charge >= 0.3 is 6.18 Å². The van der Waals surface area contributed by atoms with Gasteiger partial charge in [0.25, 0.3) is 0 Å². The summed E-state index contributed by atoms with van der Waals surface area (Å²) < 4.78 is 37.5. The second kappa shape index (κ2) is 3.80. The van der Waals surface area contributed by atoms with Crippen LogP contribution in [0.4, 0.5) is 13.2 Å². The van der Waals surface area contributed by atoms with Gasteiger partial charge in [0.2, 0.25) is 0 Å². The summed E-state index contributed by atoms with van der Waals surface area (Å²) in [4.78, 5) is 10.5. The molecule has 2 saturated carbocycles. The molecule has 0 unspecified atom stereocenters. The number of carbonyl (C=O) groups is 1. The summed E-state index contributed by atoms with van der Waals surface area (Å²) in [6, 6.07) is 0. The Hall–Kier alpha value is -0.540. The molecule has 0 saturated heterocycles. The van der Waals surface area contributed by atoms with Gasteiger partial charge in [0.15, 0.2) is 0 Å². The molecule has 0 amide bonds. The minimum absolute atomic E-state index is 0.0574. The average molecular weight is 220 g/mol. The number of rotatable bonds is 2. The van der Waals surface area contributed by atoms with E-state index in [1.807, 2.05) is 0 Å². The zero-order valence-corrected chi connectivity index (χ0v) is 8.46. The molecule has 86 valence electrons. The standard InChI is InChI=1S/C11H15F3O/c12-11(13,14)9-3-1-2-7(4-9)10-5-8(10)6-15/h6-10H,1-5H2/t7-,8+,9-,10-/m1/s1. The predicted molar refractivity (Wildman–Crippen MR) is 49.2 cm³/mol. The molecular weight excluding hydrogens is 205 g/mol. The number of carbonyl (C=O) groups excluding carboxylic acids is 1. The van der Waals surface area contributed by atoms with Crippen LogP contribution in [-0.2, 0) is 4.79 Å². The molecule has 0 N–H and O–H groups in total. The monoisotopic (exact) mass is 220 g/mol. The summed E-state index contributed by atoms with van der Waals surface area (Å²) in [6.07, 6.45) is -0.250. The Morgan fingerprint density at radius 1 is 1.13 bits per heavy atom. The Labute approximate surface area is 87.0 Å². The maximum atomic E-state index is 12.5. The van der Waals surface area contributed by atoms with Crippen molar-refractivity contribution in [1.29, 1.82) is 0 Å². The largest absolute Gasteiger partial charge is 0.391 e. The first-order valence-corrected chi connectivity index (χ1v) is 5.54.